The Morgan fingerprint density at radius 3 is 1.78 bits per heavy atom. The molecule has 0 saturated heterocycles. The van der Waals surface area contributed by atoms with Gasteiger partial charge in [0.15, 0.2) is 5.00 Å². The zero-order valence-electron chi connectivity index (χ0n) is 16.2. The van der Waals surface area contributed by atoms with Gasteiger partial charge in [-0.3, -0.25) is 0 Å². The first-order chi connectivity index (χ1) is 10.3. The Kier molecular flexibility index (Phi) is 6.65. The second kappa shape index (κ2) is 7.50. The first-order valence-corrected chi connectivity index (χ1v) is 9.12. The smallest absolute Gasteiger partial charge is 0.154 e. The fourth-order valence-electron chi connectivity index (χ4n) is 1.79. The molecule has 0 radical (unpaired) electrons. The molecule has 0 aromatic heterocycles. The molecule has 2 rings (SSSR count). The molecule has 2 saturated carbocycles. The van der Waals surface area contributed by atoms with Crippen LogP contribution in [0.3, 0.4) is 0 Å². The number of alkyl halides is 1. The lowest BCUT2D eigenvalue weighted by atomic mass is 10.1. The normalized spacial score (nSPS) is 22.4. The average molecular weight is 343 g/mol. The molecule has 134 valence electrons. The molecule has 5 heteroatoms. The van der Waals surface area contributed by atoms with E-state index in [0.29, 0.717) is 5.92 Å². The van der Waals surface area contributed by atoms with E-state index in [0.717, 1.165) is 5.92 Å². The van der Waals surface area contributed by atoms with E-state index in [1.165, 1.54) is 31.4 Å². The van der Waals surface area contributed by atoms with Crippen LogP contribution in [0, 0.1) is 11.8 Å². The lowest BCUT2D eigenvalue weighted by Gasteiger charge is -2.18. The van der Waals surface area contributed by atoms with Gasteiger partial charge in [-0.2, -0.15) is 15.3 Å². The number of nitrogens with zero attached hydrogens (tertiary/aromatic N) is 3. The van der Waals surface area contributed by atoms with Gasteiger partial charge in [-0.25, -0.2) is 0 Å². The van der Waals surface area contributed by atoms with Gasteiger partial charge in [-0.05, 0) is 92.9 Å². The van der Waals surface area contributed by atoms with Crippen LogP contribution in [-0.4, -0.2) is 21.8 Å². The Hall–Kier alpha value is -0.640. The van der Waals surface area contributed by atoms with Crippen molar-refractivity contribution in [2.45, 2.75) is 97.1 Å². The average Bonchev–Trinajstić information content (AvgIpc) is 3.24. The van der Waals surface area contributed by atoms with Crippen molar-refractivity contribution in [3.8, 4) is 0 Å². The third-order valence-electron chi connectivity index (χ3n) is 3.60. The third kappa shape index (κ3) is 9.95. The molecule has 0 amide bonds. The van der Waals surface area contributed by atoms with Crippen LogP contribution < -0.4 is 5.43 Å². The minimum Gasteiger partial charge on any atom is -0.305 e. The minimum absolute atomic E-state index is 0.106. The standard InChI is InChI=1S/C9H17ClN2.C9H18N2/c1-8(2,3)11-12-9(4,10)7-5-6-7;1-7(8-5-6-8)10-11-9(2,3)4/h7H,5-6H2,1-4H3;8,11H,5-6H2,1-4H3. The fourth-order valence-corrected chi connectivity index (χ4v) is 2.04. The third-order valence-corrected chi connectivity index (χ3v) is 3.99. The van der Waals surface area contributed by atoms with Crippen molar-refractivity contribution in [3.05, 3.63) is 0 Å². The number of rotatable bonds is 4. The van der Waals surface area contributed by atoms with E-state index >= 15 is 0 Å². The Bertz CT molecular complexity index is 433. The lowest BCUT2D eigenvalue weighted by molar-refractivity contribution is 0.440. The van der Waals surface area contributed by atoms with Gasteiger partial charge in [0.25, 0.3) is 0 Å². The van der Waals surface area contributed by atoms with Crippen LogP contribution in [0.5, 0.6) is 0 Å². The van der Waals surface area contributed by atoms with Crippen molar-refractivity contribution in [2.75, 3.05) is 0 Å². The number of azo groups is 1. The van der Waals surface area contributed by atoms with Crippen molar-refractivity contribution < 1.29 is 0 Å². The summed E-state index contributed by atoms with van der Waals surface area (Å²) in [5.41, 5.74) is 4.40. The molecular weight excluding hydrogens is 308 g/mol. The number of hydrogen-bond donors (Lipinski definition) is 1. The molecule has 0 aromatic carbocycles. The Morgan fingerprint density at radius 1 is 0.913 bits per heavy atom. The largest absolute Gasteiger partial charge is 0.305 e. The molecule has 23 heavy (non-hydrogen) atoms. The highest BCUT2D eigenvalue weighted by Gasteiger charge is 2.40. The zero-order chi connectivity index (χ0) is 17.9. The minimum atomic E-state index is -0.451. The van der Waals surface area contributed by atoms with Gasteiger partial charge < -0.3 is 5.43 Å². The van der Waals surface area contributed by atoms with E-state index in [9.17, 15) is 0 Å². The summed E-state index contributed by atoms with van der Waals surface area (Å²) in [5.74, 6) is 1.33. The van der Waals surface area contributed by atoms with Crippen molar-refractivity contribution in [3.63, 3.8) is 0 Å². The van der Waals surface area contributed by atoms with Crippen molar-refractivity contribution in [2.24, 2.45) is 27.2 Å². The molecule has 0 aromatic rings. The molecule has 4 nitrogen and oxygen atoms in total. The summed E-state index contributed by atoms with van der Waals surface area (Å²) in [4.78, 5) is -0.451. The van der Waals surface area contributed by atoms with E-state index < -0.39 is 5.00 Å². The van der Waals surface area contributed by atoms with Gasteiger partial charge in [0.1, 0.15) is 0 Å². The second-order valence-corrected chi connectivity index (χ2v) is 9.82. The highest BCUT2D eigenvalue weighted by Crippen LogP contribution is 2.44. The summed E-state index contributed by atoms with van der Waals surface area (Å²) in [7, 11) is 0. The van der Waals surface area contributed by atoms with E-state index in [2.05, 4.69) is 48.5 Å². The molecular formula is C18H35ClN4. The van der Waals surface area contributed by atoms with Crippen LogP contribution >= 0.6 is 11.6 Å². The molecule has 2 aliphatic carbocycles. The highest BCUT2D eigenvalue weighted by atomic mass is 35.5. The molecule has 0 aliphatic heterocycles. The lowest BCUT2D eigenvalue weighted by Crippen LogP contribution is -2.32. The van der Waals surface area contributed by atoms with Crippen molar-refractivity contribution in [1.82, 2.24) is 5.43 Å². The maximum Gasteiger partial charge on any atom is 0.154 e. The van der Waals surface area contributed by atoms with E-state index in [1.807, 2.05) is 27.7 Å². The maximum absolute atomic E-state index is 6.18. The molecule has 2 aliphatic rings. The quantitative estimate of drug-likeness (QED) is 0.228. The van der Waals surface area contributed by atoms with E-state index in [1.54, 1.807) is 0 Å². The first-order valence-electron chi connectivity index (χ1n) is 8.74. The molecule has 1 atom stereocenters. The van der Waals surface area contributed by atoms with Crippen LogP contribution in [-0.2, 0) is 0 Å². The number of halogens is 1. The predicted molar refractivity (Wildman–Crippen MR) is 100 cm³/mol. The summed E-state index contributed by atoms with van der Waals surface area (Å²) in [5, 5.41) is 12.7. The number of hydrazone groups is 1. The van der Waals surface area contributed by atoms with Crippen LogP contribution in [0.4, 0.5) is 0 Å². The molecule has 0 bridgehead atoms. The monoisotopic (exact) mass is 342 g/mol. The summed E-state index contributed by atoms with van der Waals surface area (Å²) < 4.78 is 0. The summed E-state index contributed by atoms with van der Waals surface area (Å²) in [6.45, 7) is 16.5. The van der Waals surface area contributed by atoms with Gasteiger partial charge in [0, 0.05) is 11.3 Å². The summed E-state index contributed by atoms with van der Waals surface area (Å²) in [6, 6.07) is 0. The van der Waals surface area contributed by atoms with Crippen LogP contribution in [0.25, 0.3) is 0 Å². The predicted octanol–water partition coefficient (Wildman–Crippen LogP) is 5.76. The van der Waals surface area contributed by atoms with Crippen LogP contribution in [0.1, 0.15) is 81.1 Å². The van der Waals surface area contributed by atoms with E-state index in [4.69, 9.17) is 11.6 Å². The number of nitrogens with one attached hydrogen (secondary N) is 1. The van der Waals surface area contributed by atoms with Gasteiger partial charge in [-0.15, -0.1) is 0 Å². The zero-order valence-corrected chi connectivity index (χ0v) is 17.0. The topological polar surface area (TPSA) is 49.1 Å². The molecule has 1 unspecified atom stereocenters. The fraction of sp³-hybridized carbons (Fsp3) is 0.944. The summed E-state index contributed by atoms with van der Waals surface area (Å²) in [6.07, 6.45) is 5.06. The molecule has 2 fully saturated rings. The first kappa shape index (κ1) is 20.4. The van der Waals surface area contributed by atoms with Crippen LogP contribution in [0.2, 0.25) is 0 Å². The second-order valence-electron chi connectivity index (χ2n) is 9.06. The van der Waals surface area contributed by atoms with Gasteiger partial charge in [-0.1, -0.05) is 11.6 Å². The van der Waals surface area contributed by atoms with Crippen molar-refractivity contribution >= 4 is 17.3 Å². The Morgan fingerprint density at radius 2 is 1.43 bits per heavy atom. The van der Waals surface area contributed by atoms with Gasteiger partial charge in [0.2, 0.25) is 0 Å². The highest BCUT2D eigenvalue weighted by molar-refractivity contribution is 6.23. The van der Waals surface area contributed by atoms with Gasteiger partial charge >= 0.3 is 0 Å². The number of hydrogen-bond acceptors (Lipinski definition) is 4. The Balaban J connectivity index is 0.000000231. The molecule has 1 N–H and O–H groups in total. The molecule has 0 spiro atoms. The van der Waals surface area contributed by atoms with Crippen molar-refractivity contribution in [1.29, 1.82) is 0 Å². The molecule has 0 heterocycles. The summed E-state index contributed by atoms with van der Waals surface area (Å²) >= 11 is 6.18. The van der Waals surface area contributed by atoms with Crippen LogP contribution in [0.15, 0.2) is 15.3 Å². The van der Waals surface area contributed by atoms with Gasteiger partial charge in [0.05, 0.1) is 5.54 Å². The SMILES string of the molecule is CC(=NNC(C)(C)C)C1CC1.CC(C)(C)N=NC(C)(Cl)C1CC1. The maximum atomic E-state index is 6.18. The van der Waals surface area contributed by atoms with E-state index in [-0.39, 0.29) is 11.1 Å². The Labute approximate surface area is 147 Å².